The molecule has 9 nitrogen and oxygen atoms in total. The average molecular weight is 451 g/mol. The maximum atomic E-state index is 12.2. The zero-order valence-electron chi connectivity index (χ0n) is 18.3. The number of aromatic nitrogens is 5. The van der Waals surface area contributed by atoms with Gasteiger partial charge in [-0.1, -0.05) is 13.8 Å². The minimum Gasteiger partial charge on any atom is -0.325 e. The largest absolute Gasteiger partial charge is 0.325 e. The second-order valence-electron chi connectivity index (χ2n) is 7.28. The van der Waals surface area contributed by atoms with Gasteiger partial charge in [0.15, 0.2) is 11.6 Å². The van der Waals surface area contributed by atoms with Gasteiger partial charge in [0.2, 0.25) is 11.1 Å². The van der Waals surface area contributed by atoms with Crippen LogP contribution >= 0.6 is 11.8 Å². The van der Waals surface area contributed by atoms with Gasteiger partial charge in [-0.25, -0.2) is 9.50 Å². The number of H-pyrrole nitrogens is 1. The lowest BCUT2D eigenvalue weighted by molar-refractivity contribution is -0.117. The van der Waals surface area contributed by atoms with Crippen molar-refractivity contribution >= 4 is 40.5 Å². The molecule has 3 N–H and O–H groups in total. The lowest BCUT2D eigenvalue weighted by Crippen LogP contribution is -2.32. The molecule has 0 bridgehead atoms. The Bertz CT molecular complexity index is 1200. The van der Waals surface area contributed by atoms with Crippen molar-refractivity contribution in [2.24, 2.45) is 0 Å². The van der Waals surface area contributed by atoms with Gasteiger partial charge in [0.05, 0.1) is 6.54 Å². The highest BCUT2D eigenvalue weighted by Gasteiger charge is 2.12. The van der Waals surface area contributed by atoms with Crippen LogP contribution in [0, 0.1) is 6.92 Å². The number of benzene rings is 1. The maximum Gasteiger partial charge on any atom is 0.238 e. The van der Waals surface area contributed by atoms with E-state index < -0.39 is 0 Å². The van der Waals surface area contributed by atoms with Gasteiger partial charge in [-0.05, 0) is 68.2 Å². The van der Waals surface area contributed by atoms with Gasteiger partial charge in [0.25, 0.3) is 0 Å². The van der Waals surface area contributed by atoms with Crippen LogP contribution in [0.4, 0.5) is 17.3 Å². The molecule has 166 valence electrons. The molecule has 0 saturated carbocycles. The van der Waals surface area contributed by atoms with E-state index in [9.17, 15) is 4.79 Å². The number of fused-ring (bicyclic) bond motifs is 1. The van der Waals surface area contributed by atoms with Crippen molar-refractivity contribution in [1.29, 1.82) is 0 Å². The molecular weight excluding hydrogens is 424 g/mol. The van der Waals surface area contributed by atoms with Crippen molar-refractivity contribution in [1.82, 2.24) is 29.7 Å². The van der Waals surface area contributed by atoms with Crippen molar-refractivity contribution in [2.75, 3.05) is 30.3 Å². The highest BCUT2D eigenvalue weighted by Crippen LogP contribution is 2.28. The molecule has 0 fully saturated rings. The minimum atomic E-state index is -0.0141. The van der Waals surface area contributed by atoms with Crippen LogP contribution in [-0.2, 0) is 4.79 Å². The summed E-state index contributed by atoms with van der Waals surface area (Å²) >= 11 is 1.45. The van der Waals surface area contributed by atoms with E-state index in [1.54, 1.807) is 4.52 Å². The summed E-state index contributed by atoms with van der Waals surface area (Å²) in [6.45, 7) is 8.13. The summed E-state index contributed by atoms with van der Waals surface area (Å²) in [6, 6.07) is 13.5. The number of aryl methyl sites for hydroxylation is 1. The van der Waals surface area contributed by atoms with Gasteiger partial charge < -0.3 is 10.6 Å². The number of likely N-dealkylation sites (N-methyl/N-ethyl adjacent to an activating group) is 1. The molecule has 3 heterocycles. The van der Waals surface area contributed by atoms with E-state index in [0.29, 0.717) is 23.3 Å². The molecule has 4 aromatic rings. The third kappa shape index (κ3) is 5.27. The molecule has 0 aliphatic carbocycles. The topological polar surface area (TPSA) is 103 Å². The first-order valence-corrected chi connectivity index (χ1v) is 11.3. The van der Waals surface area contributed by atoms with Crippen LogP contribution in [0.5, 0.6) is 0 Å². The number of carbonyl (C=O) groups excluding carboxylic acids is 1. The number of aromatic amines is 1. The predicted octanol–water partition coefficient (Wildman–Crippen LogP) is 3.94. The van der Waals surface area contributed by atoms with Crippen LogP contribution in [0.15, 0.2) is 58.7 Å². The smallest absolute Gasteiger partial charge is 0.238 e. The van der Waals surface area contributed by atoms with Gasteiger partial charge in [-0.2, -0.15) is 5.10 Å². The van der Waals surface area contributed by atoms with Crippen molar-refractivity contribution in [2.45, 2.75) is 30.8 Å². The first-order valence-electron chi connectivity index (χ1n) is 10.5. The zero-order valence-corrected chi connectivity index (χ0v) is 19.1. The molecule has 4 rings (SSSR count). The summed E-state index contributed by atoms with van der Waals surface area (Å²) < 4.78 is 1.79. The van der Waals surface area contributed by atoms with E-state index in [0.717, 1.165) is 34.9 Å². The van der Waals surface area contributed by atoms with E-state index in [2.05, 4.69) is 35.8 Å². The Hall–Kier alpha value is -3.37. The quantitative estimate of drug-likeness (QED) is 0.355. The first kappa shape index (κ1) is 21.8. The number of anilines is 3. The fourth-order valence-electron chi connectivity index (χ4n) is 3.22. The van der Waals surface area contributed by atoms with Crippen LogP contribution in [-0.4, -0.2) is 55.2 Å². The van der Waals surface area contributed by atoms with Crippen LogP contribution in [0.1, 0.15) is 19.5 Å². The van der Waals surface area contributed by atoms with Gasteiger partial charge in [-0.3, -0.25) is 14.8 Å². The molecule has 0 radical (unpaired) electrons. The monoisotopic (exact) mass is 450 g/mol. The first-order chi connectivity index (χ1) is 15.5. The van der Waals surface area contributed by atoms with Crippen LogP contribution < -0.4 is 10.6 Å². The average Bonchev–Trinajstić information content (AvgIpc) is 3.42. The predicted molar refractivity (Wildman–Crippen MR) is 127 cm³/mol. The molecule has 1 aromatic carbocycles. The normalized spacial score (nSPS) is 11.2. The molecule has 0 atom stereocenters. The summed E-state index contributed by atoms with van der Waals surface area (Å²) in [5.41, 5.74) is 2.60. The summed E-state index contributed by atoms with van der Waals surface area (Å²) in [5.74, 6) is 1.36. The van der Waals surface area contributed by atoms with Crippen LogP contribution in [0.25, 0.3) is 5.52 Å². The lowest BCUT2D eigenvalue weighted by atomic mass is 10.3. The summed E-state index contributed by atoms with van der Waals surface area (Å²) in [7, 11) is 0. The molecule has 10 heteroatoms. The fourth-order valence-corrected chi connectivity index (χ4v) is 3.96. The Morgan fingerprint density at radius 3 is 2.66 bits per heavy atom. The SMILES string of the molecule is CCN(CC)CC(=O)Nc1ccc(Sc2nc(Nc3cc(C)[nH]n3)c3cccn3n2)cc1. The number of nitrogens with one attached hydrogen (secondary N) is 3. The standard InChI is InChI=1S/C22H26N8OS/c1-4-29(5-2)14-20(31)23-16-8-10-17(11-9-16)32-22-25-21(18-7-6-12-30(18)28-22)24-19-13-15(3)26-27-19/h6-13H,4-5,14H2,1-3H3,(H,23,31)(H2,24,25,26,27,28). The van der Waals surface area contributed by atoms with Gasteiger partial charge in [-0.15, -0.1) is 5.10 Å². The van der Waals surface area contributed by atoms with Gasteiger partial charge in [0.1, 0.15) is 5.52 Å². The van der Waals surface area contributed by atoms with Crippen LogP contribution in [0.2, 0.25) is 0 Å². The Labute approximate surface area is 190 Å². The number of amides is 1. The minimum absolute atomic E-state index is 0.0141. The van der Waals surface area contributed by atoms with Crippen molar-refractivity contribution in [3.05, 3.63) is 54.4 Å². The van der Waals surface area contributed by atoms with Crippen molar-refractivity contribution < 1.29 is 4.79 Å². The molecule has 32 heavy (non-hydrogen) atoms. The number of hydrogen-bond donors (Lipinski definition) is 3. The number of nitrogens with zero attached hydrogens (tertiary/aromatic N) is 5. The third-order valence-electron chi connectivity index (χ3n) is 4.93. The third-order valence-corrected chi connectivity index (χ3v) is 5.80. The Morgan fingerprint density at radius 1 is 1.19 bits per heavy atom. The molecule has 0 aliphatic rings. The fraction of sp³-hybridized carbons (Fsp3) is 0.273. The highest BCUT2D eigenvalue weighted by atomic mass is 32.2. The van der Waals surface area contributed by atoms with E-state index in [-0.39, 0.29) is 5.91 Å². The molecule has 3 aromatic heterocycles. The molecule has 0 aliphatic heterocycles. The second kappa shape index (κ2) is 9.84. The molecule has 0 spiro atoms. The Kier molecular flexibility index (Phi) is 6.72. The number of carbonyl (C=O) groups is 1. The number of hydrogen-bond acceptors (Lipinski definition) is 7. The summed E-state index contributed by atoms with van der Waals surface area (Å²) in [6.07, 6.45) is 1.89. The van der Waals surface area contributed by atoms with Gasteiger partial charge >= 0.3 is 0 Å². The lowest BCUT2D eigenvalue weighted by Gasteiger charge is -2.17. The summed E-state index contributed by atoms with van der Waals surface area (Å²) in [5, 5.41) is 18.5. The molecule has 0 saturated heterocycles. The summed E-state index contributed by atoms with van der Waals surface area (Å²) in [4.78, 5) is 19.9. The van der Waals surface area contributed by atoms with E-state index in [1.807, 2.05) is 69.4 Å². The molecule has 0 unspecified atom stereocenters. The molecule has 1 amide bonds. The van der Waals surface area contributed by atoms with E-state index >= 15 is 0 Å². The Balaban J connectivity index is 1.47. The van der Waals surface area contributed by atoms with Crippen molar-refractivity contribution in [3.8, 4) is 0 Å². The van der Waals surface area contributed by atoms with Crippen LogP contribution in [0.3, 0.4) is 0 Å². The Morgan fingerprint density at radius 2 is 1.97 bits per heavy atom. The maximum absolute atomic E-state index is 12.2. The second-order valence-corrected chi connectivity index (χ2v) is 8.32. The van der Waals surface area contributed by atoms with Gasteiger partial charge in [0, 0.05) is 28.5 Å². The van der Waals surface area contributed by atoms with E-state index in [1.165, 1.54) is 11.8 Å². The number of rotatable bonds is 9. The highest BCUT2D eigenvalue weighted by molar-refractivity contribution is 7.99. The van der Waals surface area contributed by atoms with E-state index in [4.69, 9.17) is 0 Å². The van der Waals surface area contributed by atoms with Crippen molar-refractivity contribution in [3.63, 3.8) is 0 Å². The zero-order chi connectivity index (χ0) is 22.5. The molecular formula is C22H26N8OS.